The fraction of sp³-hybridized carbons (Fsp3) is 0.394. The Morgan fingerprint density at radius 3 is 2.16 bits per heavy atom. The summed E-state index contributed by atoms with van der Waals surface area (Å²) < 4.78 is 6.53. The van der Waals surface area contributed by atoms with Gasteiger partial charge in [-0.1, -0.05) is 77.8 Å². The van der Waals surface area contributed by atoms with Gasteiger partial charge >= 0.3 is 0 Å². The number of carbonyl (C=O) groups is 2. The largest absolute Gasteiger partial charge is 0.412 e. The summed E-state index contributed by atoms with van der Waals surface area (Å²) in [7, 11) is 0. The summed E-state index contributed by atoms with van der Waals surface area (Å²) in [6, 6.07) is 25.3. The molecule has 0 radical (unpaired) electrons. The molecular weight excluding hydrogens is 609 g/mol. The summed E-state index contributed by atoms with van der Waals surface area (Å²) in [5, 5.41) is 4.23. The van der Waals surface area contributed by atoms with Gasteiger partial charge in [0, 0.05) is 32.1 Å². The van der Waals surface area contributed by atoms with Crippen LogP contribution in [-0.4, -0.2) is 66.4 Å². The highest BCUT2D eigenvalue weighted by molar-refractivity contribution is 6.42. The molecule has 5 rings (SSSR count). The third kappa shape index (κ3) is 8.09. The van der Waals surface area contributed by atoms with E-state index in [2.05, 4.69) is 22.3 Å². The molecule has 7 nitrogen and oxygen atoms in total. The summed E-state index contributed by atoms with van der Waals surface area (Å²) >= 11 is 12.7. The zero-order chi connectivity index (χ0) is 28.9. The minimum absolute atomic E-state index is 0. The Hall–Kier alpha value is -2.65. The third-order valence-corrected chi connectivity index (χ3v) is 9.18. The van der Waals surface area contributed by atoms with Crippen molar-refractivity contribution >= 4 is 47.4 Å². The van der Waals surface area contributed by atoms with Gasteiger partial charge in [0.15, 0.2) is 0 Å². The highest BCUT2D eigenvalue weighted by Crippen LogP contribution is 2.39. The fourth-order valence-corrected chi connectivity index (χ4v) is 6.60. The van der Waals surface area contributed by atoms with Crippen molar-refractivity contribution in [3.05, 3.63) is 106 Å². The average Bonchev–Trinajstić information content (AvgIpc) is 3.00. The molecule has 3 N–H and O–H groups in total. The number of ether oxygens (including phenoxy) is 1. The van der Waals surface area contributed by atoms with Gasteiger partial charge < -0.3 is 25.3 Å². The van der Waals surface area contributed by atoms with Gasteiger partial charge in [0.05, 0.1) is 28.7 Å². The number of nitrogens with one attached hydrogen (secondary N) is 1. The molecule has 2 amide bonds. The molecule has 2 aliphatic heterocycles. The van der Waals surface area contributed by atoms with Gasteiger partial charge in [-0.2, -0.15) is 0 Å². The zero-order valence-electron chi connectivity index (χ0n) is 24.4. The first-order chi connectivity index (χ1) is 19.8. The lowest BCUT2D eigenvalue weighted by atomic mass is 9.80. The molecule has 0 saturated carbocycles. The number of amides is 2. The van der Waals surface area contributed by atoms with Gasteiger partial charge in [0.2, 0.25) is 5.91 Å². The number of carbonyl (C=O) groups excluding carboxylic acids is 2. The van der Waals surface area contributed by atoms with E-state index in [0.29, 0.717) is 35.3 Å². The molecule has 1 unspecified atom stereocenters. The van der Waals surface area contributed by atoms with Crippen LogP contribution >= 0.6 is 35.6 Å². The van der Waals surface area contributed by atoms with Crippen LogP contribution in [0, 0.1) is 0 Å². The summed E-state index contributed by atoms with van der Waals surface area (Å²) in [5.41, 5.74) is 1.75. The van der Waals surface area contributed by atoms with Crippen LogP contribution in [0.3, 0.4) is 0 Å². The molecule has 2 saturated heterocycles. The molecule has 3 aromatic carbocycles. The van der Waals surface area contributed by atoms with E-state index in [4.69, 9.17) is 27.9 Å². The van der Waals surface area contributed by atoms with E-state index in [1.807, 2.05) is 65.6 Å². The van der Waals surface area contributed by atoms with Gasteiger partial charge in [0.1, 0.15) is 5.60 Å². The van der Waals surface area contributed by atoms with Crippen LogP contribution in [0.4, 0.5) is 0 Å². The minimum Gasteiger partial charge on any atom is -0.412 e. The fourth-order valence-electron chi connectivity index (χ4n) is 6.30. The summed E-state index contributed by atoms with van der Waals surface area (Å²) in [6.45, 7) is 5.67. The van der Waals surface area contributed by atoms with Crippen LogP contribution in [0.1, 0.15) is 54.1 Å². The molecule has 0 bridgehead atoms. The quantitative estimate of drug-likeness (QED) is 0.331. The van der Waals surface area contributed by atoms with E-state index in [-0.39, 0.29) is 35.2 Å². The molecule has 2 fully saturated rings. The molecule has 232 valence electrons. The summed E-state index contributed by atoms with van der Waals surface area (Å²) in [4.78, 5) is 29.9. The highest BCUT2D eigenvalue weighted by Gasteiger charge is 2.41. The van der Waals surface area contributed by atoms with Crippen LogP contribution < -0.4 is 5.32 Å². The first-order valence-electron chi connectivity index (χ1n) is 14.3. The topological polar surface area (TPSA) is 93.4 Å². The van der Waals surface area contributed by atoms with Crippen molar-refractivity contribution in [2.75, 3.05) is 39.3 Å². The molecule has 0 aliphatic carbocycles. The van der Waals surface area contributed by atoms with Crippen molar-refractivity contribution in [2.24, 2.45) is 0 Å². The van der Waals surface area contributed by atoms with Gasteiger partial charge in [0.25, 0.3) is 5.91 Å². The molecule has 2 aliphatic rings. The standard InChI is InChI=1S/C33H37Cl2N3O3.ClH.H2O/c1-25(39)36-32(27-11-6-3-7-12-27)16-19-37(20-17-32)18-8-15-33(28-13-14-29(34)30(35)23-28)24-38(21-22-41-33)31(40)26-9-4-2-5-10-26;;/h2-7,9-14,23H,8,15-22,24H2,1H3,(H,36,39);1H;1H2. The predicted molar refractivity (Wildman–Crippen MR) is 174 cm³/mol. The number of hydrogen-bond donors (Lipinski definition) is 1. The van der Waals surface area contributed by atoms with Crippen LogP contribution in [0.5, 0.6) is 0 Å². The Balaban J connectivity index is 0.00000253. The first-order valence-corrected chi connectivity index (χ1v) is 15.1. The normalized spacial score (nSPS) is 19.9. The van der Waals surface area contributed by atoms with Crippen molar-refractivity contribution in [3.63, 3.8) is 0 Å². The maximum Gasteiger partial charge on any atom is 0.254 e. The molecule has 3 aromatic rings. The summed E-state index contributed by atoms with van der Waals surface area (Å²) in [5.74, 6) is -0.000453. The second kappa shape index (κ2) is 15.4. The Bertz CT molecular complexity index is 1350. The predicted octanol–water partition coefficient (Wildman–Crippen LogP) is 5.87. The number of halogens is 3. The highest BCUT2D eigenvalue weighted by atomic mass is 35.5. The number of hydrogen-bond acceptors (Lipinski definition) is 4. The Morgan fingerprint density at radius 2 is 1.53 bits per heavy atom. The lowest BCUT2D eigenvalue weighted by Crippen LogP contribution is -2.53. The Kier molecular flexibility index (Phi) is 12.5. The van der Waals surface area contributed by atoms with E-state index in [1.54, 1.807) is 13.0 Å². The zero-order valence-corrected chi connectivity index (χ0v) is 26.7. The van der Waals surface area contributed by atoms with Crippen molar-refractivity contribution < 1.29 is 19.8 Å². The van der Waals surface area contributed by atoms with Crippen molar-refractivity contribution in [1.82, 2.24) is 15.1 Å². The molecule has 0 spiro atoms. The molecule has 0 aromatic heterocycles. The third-order valence-electron chi connectivity index (χ3n) is 8.45. The number of likely N-dealkylation sites (tertiary alicyclic amines) is 1. The smallest absolute Gasteiger partial charge is 0.254 e. The second-order valence-corrected chi connectivity index (χ2v) is 12.0. The number of rotatable bonds is 8. The van der Waals surface area contributed by atoms with E-state index in [0.717, 1.165) is 56.4 Å². The van der Waals surface area contributed by atoms with E-state index >= 15 is 0 Å². The minimum atomic E-state index is -0.684. The van der Waals surface area contributed by atoms with Gasteiger partial charge in [-0.3, -0.25) is 9.59 Å². The second-order valence-electron chi connectivity index (χ2n) is 11.1. The maximum absolute atomic E-state index is 13.4. The van der Waals surface area contributed by atoms with Crippen LogP contribution in [0.2, 0.25) is 10.0 Å². The average molecular weight is 649 g/mol. The van der Waals surface area contributed by atoms with Gasteiger partial charge in [-0.15, -0.1) is 12.4 Å². The SMILES string of the molecule is CC(=O)NC1(c2ccccc2)CCN(CCCC2(c3ccc(Cl)c(Cl)c3)CN(C(=O)c3ccccc3)CCO2)CC1.Cl.O. The van der Waals surface area contributed by atoms with Crippen LogP contribution in [0.25, 0.3) is 0 Å². The lowest BCUT2D eigenvalue weighted by molar-refractivity contribution is -0.121. The number of nitrogens with zero attached hydrogens (tertiary/aromatic N) is 2. The van der Waals surface area contributed by atoms with Crippen molar-refractivity contribution in [2.45, 2.75) is 43.7 Å². The number of morpholine rings is 1. The Labute approximate surface area is 270 Å². The summed E-state index contributed by atoms with van der Waals surface area (Å²) in [6.07, 6.45) is 3.32. The van der Waals surface area contributed by atoms with Crippen molar-refractivity contribution in [1.29, 1.82) is 0 Å². The molecule has 2 heterocycles. The maximum atomic E-state index is 13.4. The van der Waals surface area contributed by atoms with Gasteiger partial charge in [-0.25, -0.2) is 0 Å². The van der Waals surface area contributed by atoms with Crippen molar-refractivity contribution in [3.8, 4) is 0 Å². The molecule has 43 heavy (non-hydrogen) atoms. The van der Waals surface area contributed by atoms with E-state index in [1.165, 1.54) is 0 Å². The van der Waals surface area contributed by atoms with Crippen LogP contribution in [-0.2, 0) is 20.7 Å². The molecule has 10 heteroatoms. The van der Waals surface area contributed by atoms with E-state index < -0.39 is 5.60 Å². The van der Waals surface area contributed by atoms with Gasteiger partial charge in [-0.05, 0) is 67.6 Å². The Morgan fingerprint density at radius 1 is 0.884 bits per heavy atom. The monoisotopic (exact) mass is 647 g/mol. The first kappa shape index (κ1) is 34.8. The number of benzene rings is 3. The van der Waals surface area contributed by atoms with E-state index in [9.17, 15) is 9.59 Å². The molecular formula is C33H40Cl3N3O4. The number of piperidine rings is 1. The molecule has 1 atom stereocenters. The van der Waals surface area contributed by atoms with Crippen LogP contribution in [0.15, 0.2) is 78.9 Å². The lowest BCUT2D eigenvalue weighted by Gasteiger charge is -2.45.